The maximum atomic E-state index is 4.12. The number of hydrogen-bond acceptors (Lipinski definition) is 1. The van der Waals surface area contributed by atoms with E-state index in [1.54, 1.807) is 0 Å². The van der Waals surface area contributed by atoms with E-state index in [2.05, 4.69) is 10.6 Å². The molecular weight excluding hydrogens is 88.1 g/mol. The van der Waals surface area contributed by atoms with Crippen molar-refractivity contribution in [1.29, 1.82) is 0 Å². The zero-order valence-electron chi connectivity index (χ0n) is 4.65. The van der Waals surface area contributed by atoms with Crippen LogP contribution in [0, 0.1) is 0 Å². The van der Waals surface area contributed by atoms with Crippen LogP contribution in [0.25, 0.3) is 0 Å². The number of nitrogens with one attached hydrogen (secondary N) is 1. The van der Waals surface area contributed by atoms with Gasteiger partial charge in [-0.05, 0) is 13.0 Å². The Bertz CT molecular complexity index is 48.0. The first-order valence-electron chi connectivity index (χ1n) is 2.73. The topological polar surface area (TPSA) is 26.1 Å². The molecule has 41 valence electrons. The van der Waals surface area contributed by atoms with Gasteiger partial charge in [0.05, 0.1) is 0 Å². The second-order valence-electron chi connectivity index (χ2n) is 1.90. The van der Waals surface area contributed by atoms with Crippen molar-refractivity contribution in [3.05, 3.63) is 0 Å². The van der Waals surface area contributed by atoms with E-state index in [0.717, 1.165) is 13.1 Å². The summed E-state index contributed by atoms with van der Waals surface area (Å²) in [6, 6.07) is 0.611. The normalized spacial score (nSPS) is 31.3. The van der Waals surface area contributed by atoms with Crippen molar-refractivity contribution < 1.29 is 0 Å². The predicted molar refractivity (Wildman–Crippen MR) is 29.3 cm³/mol. The Balaban J connectivity index is 2.14. The van der Waals surface area contributed by atoms with Gasteiger partial charge in [-0.1, -0.05) is 0 Å². The number of rotatable bonds is 1. The monoisotopic (exact) mass is 99.1 g/mol. The Kier molecular flexibility index (Phi) is 1.65. The average molecular weight is 99.2 g/mol. The van der Waals surface area contributed by atoms with E-state index in [0.29, 0.717) is 6.04 Å². The molecule has 1 aliphatic heterocycles. The van der Waals surface area contributed by atoms with Crippen LogP contribution in [0.5, 0.6) is 0 Å². The molecule has 1 heterocycles. The van der Waals surface area contributed by atoms with Crippen molar-refractivity contribution in [3.8, 4) is 0 Å². The minimum absolute atomic E-state index is 0.611. The lowest BCUT2D eigenvalue weighted by Gasteiger charge is -1.99. The highest BCUT2D eigenvalue weighted by atomic mass is 15.0. The Labute approximate surface area is 44.3 Å². The summed E-state index contributed by atoms with van der Waals surface area (Å²) >= 11 is 0. The summed E-state index contributed by atoms with van der Waals surface area (Å²) in [6.07, 6.45) is 1.23. The van der Waals surface area contributed by atoms with E-state index in [1.807, 2.05) is 7.05 Å². The van der Waals surface area contributed by atoms with Crippen molar-refractivity contribution in [2.45, 2.75) is 12.5 Å². The molecule has 2 heteroatoms. The molecule has 1 rings (SSSR count). The van der Waals surface area contributed by atoms with Crippen LogP contribution < -0.4 is 10.6 Å². The maximum Gasteiger partial charge on any atom is 0.0379 e. The van der Waals surface area contributed by atoms with Crippen LogP contribution in [-0.4, -0.2) is 26.2 Å². The van der Waals surface area contributed by atoms with Gasteiger partial charge in [0, 0.05) is 19.6 Å². The first kappa shape index (κ1) is 5.06. The predicted octanol–water partition coefficient (Wildman–Crippen LogP) is -0.417. The molecule has 7 heavy (non-hydrogen) atoms. The van der Waals surface area contributed by atoms with Gasteiger partial charge in [-0.3, -0.25) is 0 Å². The molecule has 0 bridgehead atoms. The lowest BCUT2D eigenvalue weighted by Crippen LogP contribution is -2.20. The van der Waals surface area contributed by atoms with E-state index < -0.39 is 0 Å². The number of likely N-dealkylation sites (N-methyl/N-ethyl adjacent to an activating group) is 1. The number of nitrogens with zero attached hydrogens (tertiary/aromatic N) is 1. The Morgan fingerprint density at radius 2 is 2.57 bits per heavy atom. The molecule has 0 aromatic carbocycles. The standard InChI is InChI=1S/C5H11N2/c1-6-5-2-3-7-4-5/h5,7H,2-4H2,1H3. The molecule has 0 saturated carbocycles. The fourth-order valence-electron chi connectivity index (χ4n) is 0.860. The third kappa shape index (κ3) is 1.14. The zero-order chi connectivity index (χ0) is 5.11. The highest BCUT2D eigenvalue weighted by Gasteiger charge is 2.11. The fraction of sp³-hybridized carbons (Fsp3) is 1.00. The van der Waals surface area contributed by atoms with E-state index in [1.165, 1.54) is 6.42 Å². The van der Waals surface area contributed by atoms with Gasteiger partial charge in [0.2, 0.25) is 0 Å². The van der Waals surface area contributed by atoms with Crippen LogP contribution in [0.3, 0.4) is 0 Å². The second kappa shape index (κ2) is 2.28. The summed E-state index contributed by atoms with van der Waals surface area (Å²) in [4.78, 5) is 0. The van der Waals surface area contributed by atoms with Crippen molar-refractivity contribution in [1.82, 2.24) is 10.6 Å². The maximum absolute atomic E-state index is 4.12. The molecule has 0 aromatic rings. The molecule has 1 unspecified atom stereocenters. The highest BCUT2D eigenvalue weighted by molar-refractivity contribution is 4.74. The minimum atomic E-state index is 0.611. The van der Waals surface area contributed by atoms with Crippen LogP contribution in [0.15, 0.2) is 0 Å². The van der Waals surface area contributed by atoms with Gasteiger partial charge in [-0.15, -0.1) is 0 Å². The average Bonchev–Trinajstić information content (AvgIpc) is 2.14. The van der Waals surface area contributed by atoms with Crippen LogP contribution in [0.4, 0.5) is 0 Å². The fourth-order valence-corrected chi connectivity index (χ4v) is 0.860. The highest BCUT2D eigenvalue weighted by Crippen LogP contribution is 1.95. The molecule has 1 aliphatic rings. The van der Waals surface area contributed by atoms with Gasteiger partial charge < -0.3 is 5.32 Å². The van der Waals surface area contributed by atoms with Gasteiger partial charge in [-0.2, -0.15) is 0 Å². The SMILES string of the molecule is C[N]C1CCNC1. The van der Waals surface area contributed by atoms with Crippen LogP contribution in [-0.2, 0) is 0 Å². The van der Waals surface area contributed by atoms with Crippen molar-refractivity contribution >= 4 is 0 Å². The van der Waals surface area contributed by atoms with Crippen molar-refractivity contribution in [2.24, 2.45) is 0 Å². The van der Waals surface area contributed by atoms with Crippen LogP contribution in [0.2, 0.25) is 0 Å². The first-order chi connectivity index (χ1) is 3.43. The summed E-state index contributed by atoms with van der Waals surface area (Å²) in [6.45, 7) is 2.25. The molecule has 1 fully saturated rings. The van der Waals surface area contributed by atoms with Crippen molar-refractivity contribution in [3.63, 3.8) is 0 Å². The smallest absolute Gasteiger partial charge is 0.0379 e. The lowest BCUT2D eigenvalue weighted by molar-refractivity contribution is 0.599. The molecular formula is C5H11N2. The quantitative estimate of drug-likeness (QED) is 0.475. The van der Waals surface area contributed by atoms with Gasteiger partial charge in [0.25, 0.3) is 0 Å². The summed E-state index contributed by atoms with van der Waals surface area (Å²) in [7, 11) is 1.89. The molecule has 1 atom stereocenters. The second-order valence-corrected chi connectivity index (χ2v) is 1.90. The zero-order valence-corrected chi connectivity index (χ0v) is 4.65. The van der Waals surface area contributed by atoms with Crippen LogP contribution >= 0.6 is 0 Å². The molecule has 1 N–H and O–H groups in total. The van der Waals surface area contributed by atoms with Gasteiger partial charge >= 0.3 is 0 Å². The molecule has 1 saturated heterocycles. The third-order valence-corrected chi connectivity index (χ3v) is 1.40. The Morgan fingerprint density at radius 3 is 2.86 bits per heavy atom. The third-order valence-electron chi connectivity index (χ3n) is 1.40. The molecule has 0 aromatic heterocycles. The molecule has 0 aliphatic carbocycles. The first-order valence-corrected chi connectivity index (χ1v) is 2.73. The van der Waals surface area contributed by atoms with E-state index in [-0.39, 0.29) is 0 Å². The Morgan fingerprint density at radius 1 is 1.71 bits per heavy atom. The minimum Gasteiger partial charge on any atom is -0.315 e. The van der Waals surface area contributed by atoms with Crippen LogP contribution in [0.1, 0.15) is 6.42 Å². The molecule has 0 amide bonds. The number of hydrogen-bond donors (Lipinski definition) is 1. The summed E-state index contributed by atoms with van der Waals surface area (Å²) in [5, 5.41) is 7.35. The van der Waals surface area contributed by atoms with Gasteiger partial charge in [0.1, 0.15) is 0 Å². The Hall–Kier alpha value is -0.0800. The summed E-state index contributed by atoms with van der Waals surface area (Å²) in [5.41, 5.74) is 0. The molecule has 2 nitrogen and oxygen atoms in total. The van der Waals surface area contributed by atoms with E-state index in [4.69, 9.17) is 0 Å². The van der Waals surface area contributed by atoms with E-state index in [9.17, 15) is 0 Å². The van der Waals surface area contributed by atoms with Crippen molar-refractivity contribution in [2.75, 3.05) is 20.1 Å². The summed E-state index contributed by atoms with van der Waals surface area (Å²) < 4.78 is 0. The van der Waals surface area contributed by atoms with Gasteiger partial charge in [-0.25, -0.2) is 5.32 Å². The summed E-state index contributed by atoms with van der Waals surface area (Å²) in [5.74, 6) is 0. The molecule has 0 spiro atoms. The molecule has 1 radical (unpaired) electrons. The largest absolute Gasteiger partial charge is 0.315 e. The van der Waals surface area contributed by atoms with E-state index >= 15 is 0 Å². The van der Waals surface area contributed by atoms with Gasteiger partial charge in [0.15, 0.2) is 0 Å². The lowest BCUT2D eigenvalue weighted by atomic mass is 10.3.